The number of benzene rings is 1. The van der Waals surface area contributed by atoms with Crippen molar-refractivity contribution in [3.8, 4) is 0 Å². The van der Waals surface area contributed by atoms with E-state index in [1.54, 1.807) is 18.2 Å². The van der Waals surface area contributed by atoms with Gasteiger partial charge in [-0.2, -0.15) is 0 Å². The van der Waals surface area contributed by atoms with Crippen molar-refractivity contribution in [3.05, 3.63) is 30.3 Å². The van der Waals surface area contributed by atoms with Crippen molar-refractivity contribution in [1.82, 2.24) is 0 Å². The molecular weight excluding hydrogens is 348 g/mol. The lowest BCUT2D eigenvalue weighted by atomic mass is 9.72. The van der Waals surface area contributed by atoms with Crippen molar-refractivity contribution in [1.29, 1.82) is 0 Å². The molecule has 0 amide bonds. The third-order valence-electron chi connectivity index (χ3n) is 4.56. The lowest BCUT2D eigenvalue weighted by molar-refractivity contribution is -0.431. The maximum absolute atomic E-state index is 13.2. The fraction of sp³-hybridized carbons (Fsp3) is 0.625. The average molecular weight is 375 g/mol. The Bertz CT molecular complexity index is 695. The maximum atomic E-state index is 13.2. The molecule has 6 nitrogen and oxygen atoms in total. The Morgan fingerprint density at radius 2 is 1.58 bits per heavy atom. The summed E-state index contributed by atoms with van der Waals surface area (Å²) >= 11 is 0. The highest BCUT2D eigenvalue weighted by Gasteiger charge is 2.80. The van der Waals surface area contributed by atoms with Crippen LogP contribution in [0.25, 0.3) is 0 Å². The highest BCUT2D eigenvalue weighted by Crippen LogP contribution is 2.59. The Hall–Kier alpha value is -0.773. The molecule has 1 aromatic carbocycles. The predicted octanol–water partition coefficient (Wildman–Crippen LogP) is 2.15. The highest BCUT2D eigenvalue weighted by atomic mass is 32.2. The predicted molar refractivity (Wildman–Crippen MR) is 92.8 cm³/mol. The third kappa shape index (κ3) is 2.56. The number of hydrogen-bond acceptors (Lipinski definition) is 6. The van der Waals surface area contributed by atoms with Crippen molar-refractivity contribution in [3.63, 3.8) is 0 Å². The zero-order valence-corrected chi connectivity index (χ0v) is 16.8. The molecule has 0 aliphatic heterocycles. The minimum atomic E-state index is -3.89. The van der Waals surface area contributed by atoms with Crippen LogP contribution < -0.4 is 0 Å². The summed E-state index contributed by atoms with van der Waals surface area (Å²) in [6, 6.07) is 8.05. The van der Waals surface area contributed by atoms with Crippen LogP contribution in [0, 0.1) is 0 Å². The Morgan fingerprint density at radius 1 is 1.08 bits per heavy atom. The van der Waals surface area contributed by atoms with Gasteiger partial charge in [-0.05, 0) is 38.7 Å². The summed E-state index contributed by atoms with van der Waals surface area (Å²) in [5, 5.41) is 11.4. The van der Waals surface area contributed by atoms with E-state index in [9.17, 15) is 13.5 Å². The molecule has 2 atom stereocenters. The average Bonchev–Trinajstić information content (AvgIpc) is 2.51. The molecule has 0 bridgehead atoms. The molecular formula is C16H26O6SSi. The fourth-order valence-electron chi connectivity index (χ4n) is 3.25. The Balaban J connectivity index is 2.60. The van der Waals surface area contributed by atoms with Crippen LogP contribution in [-0.4, -0.2) is 52.4 Å². The van der Waals surface area contributed by atoms with Gasteiger partial charge in [-0.3, -0.25) is 0 Å². The second kappa shape index (κ2) is 5.89. The first-order valence-corrected chi connectivity index (χ1v) is 12.6. The van der Waals surface area contributed by atoms with E-state index < -0.39 is 34.5 Å². The molecule has 1 aliphatic rings. The fourth-order valence-corrected chi connectivity index (χ4v) is 6.57. The summed E-state index contributed by atoms with van der Waals surface area (Å²) in [4.78, 5) is 0.130. The van der Waals surface area contributed by atoms with Crippen molar-refractivity contribution < 1.29 is 27.4 Å². The van der Waals surface area contributed by atoms with Crippen molar-refractivity contribution in [2.24, 2.45) is 0 Å². The molecule has 2 unspecified atom stereocenters. The standard InChI is InChI=1S/C16H26O6SSi/c1-14(23(18,19)13-10-8-7-9-11-13)12-15(20-2,21-3)16(14,17)22-24(4,5)6/h7-11,17H,12H2,1-6H3. The van der Waals surface area contributed by atoms with Gasteiger partial charge in [0.25, 0.3) is 0 Å². The molecule has 1 saturated carbocycles. The van der Waals surface area contributed by atoms with Crippen LogP contribution in [0.15, 0.2) is 35.2 Å². The molecule has 1 aliphatic carbocycles. The number of aliphatic hydroxyl groups is 1. The van der Waals surface area contributed by atoms with Crippen molar-refractivity contribution >= 4 is 18.2 Å². The molecule has 24 heavy (non-hydrogen) atoms. The molecule has 1 N–H and O–H groups in total. The zero-order valence-electron chi connectivity index (χ0n) is 15.0. The van der Waals surface area contributed by atoms with Gasteiger partial charge in [-0.1, -0.05) is 18.2 Å². The van der Waals surface area contributed by atoms with E-state index in [4.69, 9.17) is 13.9 Å². The molecule has 0 heterocycles. The third-order valence-corrected chi connectivity index (χ3v) is 7.97. The van der Waals surface area contributed by atoms with Crippen LogP contribution in [0.1, 0.15) is 13.3 Å². The topological polar surface area (TPSA) is 82.1 Å². The Kier molecular flexibility index (Phi) is 4.80. The summed E-state index contributed by atoms with van der Waals surface area (Å²) < 4.78 is 41.5. The number of rotatable bonds is 6. The van der Waals surface area contributed by atoms with Crippen LogP contribution in [-0.2, 0) is 23.7 Å². The smallest absolute Gasteiger partial charge is 0.232 e. The minimum absolute atomic E-state index is 0.0365. The lowest BCUT2D eigenvalue weighted by Gasteiger charge is -2.64. The minimum Gasteiger partial charge on any atom is -0.386 e. The number of ether oxygens (including phenoxy) is 2. The molecule has 0 saturated heterocycles. The van der Waals surface area contributed by atoms with Crippen molar-refractivity contribution in [2.75, 3.05) is 14.2 Å². The molecule has 1 aromatic rings. The van der Waals surface area contributed by atoms with Gasteiger partial charge in [0, 0.05) is 20.6 Å². The van der Waals surface area contributed by atoms with Crippen LogP contribution in [0.4, 0.5) is 0 Å². The first-order chi connectivity index (χ1) is 10.9. The monoisotopic (exact) mass is 374 g/mol. The second-order valence-corrected chi connectivity index (χ2v) is 14.1. The number of hydrogen-bond donors (Lipinski definition) is 1. The van der Waals surface area contributed by atoms with E-state index >= 15 is 0 Å². The van der Waals surface area contributed by atoms with E-state index in [1.165, 1.54) is 33.3 Å². The summed E-state index contributed by atoms with van der Waals surface area (Å²) in [5.41, 5.74) is 0. The van der Waals surface area contributed by atoms with E-state index in [0.29, 0.717) is 0 Å². The SMILES string of the molecule is COC1(OC)CC(C)(S(=O)(=O)c2ccccc2)C1(O)O[Si](C)(C)C. The molecule has 0 radical (unpaired) electrons. The second-order valence-electron chi connectivity index (χ2n) is 7.24. The lowest BCUT2D eigenvalue weighted by Crippen LogP contribution is -2.84. The van der Waals surface area contributed by atoms with Gasteiger partial charge in [0.1, 0.15) is 4.75 Å². The zero-order chi connectivity index (χ0) is 18.4. The molecule has 8 heteroatoms. The van der Waals surface area contributed by atoms with Gasteiger partial charge in [0.05, 0.1) is 4.90 Å². The normalized spacial score (nSPS) is 30.0. The molecule has 0 aromatic heterocycles. The summed E-state index contributed by atoms with van der Waals surface area (Å²) in [5.74, 6) is -3.63. The molecule has 1 fully saturated rings. The van der Waals surface area contributed by atoms with E-state index in [2.05, 4.69) is 0 Å². The molecule has 0 spiro atoms. The van der Waals surface area contributed by atoms with Crippen LogP contribution in [0.2, 0.25) is 19.6 Å². The molecule has 2 rings (SSSR count). The summed E-state index contributed by atoms with van der Waals surface area (Å²) in [6.45, 7) is 7.09. The van der Waals surface area contributed by atoms with Gasteiger partial charge in [0.15, 0.2) is 18.2 Å². The van der Waals surface area contributed by atoms with E-state index in [1.807, 2.05) is 19.6 Å². The number of methoxy groups -OCH3 is 2. The van der Waals surface area contributed by atoms with Crippen LogP contribution in [0.5, 0.6) is 0 Å². The van der Waals surface area contributed by atoms with Gasteiger partial charge in [0.2, 0.25) is 11.6 Å². The van der Waals surface area contributed by atoms with Gasteiger partial charge in [-0.15, -0.1) is 0 Å². The van der Waals surface area contributed by atoms with Gasteiger partial charge < -0.3 is 19.0 Å². The quantitative estimate of drug-likeness (QED) is 0.607. The molecule has 136 valence electrons. The van der Waals surface area contributed by atoms with Gasteiger partial charge in [-0.25, -0.2) is 8.42 Å². The van der Waals surface area contributed by atoms with Gasteiger partial charge >= 0.3 is 0 Å². The summed E-state index contributed by atoms with van der Waals surface area (Å²) in [7, 11) is -3.47. The first-order valence-electron chi connectivity index (χ1n) is 7.72. The van der Waals surface area contributed by atoms with Crippen molar-refractivity contribution in [2.45, 2.75) is 54.2 Å². The number of sulfone groups is 1. The highest BCUT2D eigenvalue weighted by molar-refractivity contribution is 7.93. The Labute approximate surface area is 144 Å². The Morgan fingerprint density at radius 3 is 2.00 bits per heavy atom. The van der Waals surface area contributed by atoms with Crippen LogP contribution >= 0.6 is 0 Å². The first kappa shape index (κ1) is 19.6. The maximum Gasteiger partial charge on any atom is 0.232 e. The summed E-state index contributed by atoms with van der Waals surface area (Å²) in [6.07, 6.45) is -0.0365. The largest absolute Gasteiger partial charge is 0.386 e. The van der Waals surface area contributed by atoms with Crippen LogP contribution in [0.3, 0.4) is 0 Å². The van der Waals surface area contributed by atoms with E-state index in [-0.39, 0.29) is 11.3 Å². The van der Waals surface area contributed by atoms with E-state index in [0.717, 1.165) is 0 Å².